The Morgan fingerprint density at radius 3 is 2.89 bits per heavy atom. The van der Waals surface area contributed by atoms with Crippen LogP contribution in [0.15, 0.2) is 18.5 Å². The standard InChI is InChI=1S/C12H13Cl2N5/c1-15-11-8(13)6-9(14)12(17-11)19-5-4-18-3-2-16-10(18)7-19/h2-3,6H,4-5,7H2,1H3,(H,15,17). The molecule has 0 spiro atoms. The molecule has 0 atom stereocenters. The molecule has 7 heteroatoms. The zero-order chi connectivity index (χ0) is 13.4. The normalized spacial score (nSPS) is 14.4. The third-order valence-electron chi connectivity index (χ3n) is 3.19. The van der Waals surface area contributed by atoms with Crippen molar-refractivity contribution in [3.8, 4) is 0 Å². The van der Waals surface area contributed by atoms with Crippen LogP contribution in [-0.4, -0.2) is 28.1 Å². The largest absolute Gasteiger partial charge is 0.372 e. The van der Waals surface area contributed by atoms with Crippen LogP contribution >= 0.6 is 23.2 Å². The average Bonchev–Trinajstić information content (AvgIpc) is 2.86. The lowest BCUT2D eigenvalue weighted by atomic mass is 10.3. The minimum Gasteiger partial charge on any atom is -0.372 e. The second-order valence-corrected chi connectivity index (χ2v) is 5.15. The van der Waals surface area contributed by atoms with Crippen molar-refractivity contribution in [2.24, 2.45) is 0 Å². The first-order valence-corrected chi connectivity index (χ1v) is 6.73. The number of pyridine rings is 1. The summed E-state index contributed by atoms with van der Waals surface area (Å²) < 4.78 is 2.14. The molecule has 5 nitrogen and oxygen atoms in total. The predicted octanol–water partition coefficient (Wildman–Crippen LogP) is 2.65. The van der Waals surface area contributed by atoms with Crippen LogP contribution in [0.2, 0.25) is 10.0 Å². The van der Waals surface area contributed by atoms with Gasteiger partial charge in [0.2, 0.25) is 0 Å². The third kappa shape index (κ3) is 2.24. The Labute approximate surface area is 121 Å². The van der Waals surface area contributed by atoms with Gasteiger partial charge in [-0.2, -0.15) is 0 Å². The van der Waals surface area contributed by atoms with E-state index in [1.807, 2.05) is 12.4 Å². The Balaban J connectivity index is 1.95. The Morgan fingerprint density at radius 1 is 1.26 bits per heavy atom. The molecular formula is C12H13Cl2N5. The Kier molecular flexibility index (Phi) is 3.24. The van der Waals surface area contributed by atoms with E-state index in [1.165, 1.54) is 0 Å². The third-order valence-corrected chi connectivity index (χ3v) is 3.76. The molecule has 0 aliphatic carbocycles. The fourth-order valence-electron chi connectivity index (χ4n) is 2.21. The maximum absolute atomic E-state index is 6.25. The van der Waals surface area contributed by atoms with E-state index in [0.717, 1.165) is 24.7 Å². The number of fused-ring (bicyclic) bond motifs is 1. The van der Waals surface area contributed by atoms with Crippen molar-refractivity contribution >= 4 is 34.8 Å². The first kappa shape index (κ1) is 12.6. The highest BCUT2D eigenvalue weighted by molar-refractivity contribution is 6.37. The highest BCUT2D eigenvalue weighted by Gasteiger charge is 2.21. The van der Waals surface area contributed by atoms with Crippen molar-refractivity contribution in [1.82, 2.24) is 14.5 Å². The van der Waals surface area contributed by atoms with Gasteiger partial charge >= 0.3 is 0 Å². The lowest BCUT2D eigenvalue weighted by Crippen LogP contribution is -2.34. The highest BCUT2D eigenvalue weighted by atomic mass is 35.5. The molecule has 0 bridgehead atoms. The number of imidazole rings is 1. The number of anilines is 2. The Morgan fingerprint density at radius 2 is 2.11 bits per heavy atom. The maximum atomic E-state index is 6.25. The van der Waals surface area contributed by atoms with Gasteiger partial charge in [-0.15, -0.1) is 0 Å². The topological polar surface area (TPSA) is 46.0 Å². The summed E-state index contributed by atoms with van der Waals surface area (Å²) in [6.07, 6.45) is 3.80. The molecule has 0 radical (unpaired) electrons. The fourth-order valence-corrected chi connectivity index (χ4v) is 2.78. The second-order valence-electron chi connectivity index (χ2n) is 4.33. The molecule has 0 saturated carbocycles. The predicted molar refractivity (Wildman–Crippen MR) is 77.1 cm³/mol. The van der Waals surface area contributed by atoms with Gasteiger partial charge in [0.1, 0.15) is 17.5 Å². The summed E-state index contributed by atoms with van der Waals surface area (Å²) >= 11 is 12.3. The van der Waals surface area contributed by atoms with Crippen LogP contribution in [0.4, 0.5) is 11.6 Å². The number of halogens is 2. The van der Waals surface area contributed by atoms with Crippen LogP contribution in [0, 0.1) is 0 Å². The summed E-state index contributed by atoms with van der Waals surface area (Å²) in [7, 11) is 1.79. The summed E-state index contributed by atoms with van der Waals surface area (Å²) in [5.74, 6) is 2.39. The van der Waals surface area contributed by atoms with Gasteiger partial charge in [0.15, 0.2) is 0 Å². The molecule has 1 aliphatic heterocycles. The van der Waals surface area contributed by atoms with Gasteiger partial charge in [-0.25, -0.2) is 9.97 Å². The van der Waals surface area contributed by atoms with Gasteiger partial charge in [-0.3, -0.25) is 0 Å². The summed E-state index contributed by atoms with van der Waals surface area (Å²) in [4.78, 5) is 10.9. The van der Waals surface area contributed by atoms with Crippen molar-refractivity contribution in [2.75, 3.05) is 23.8 Å². The van der Waals surface area contributed by atoms with Crippen LogP contribution < -0.4 is 10.2 Å². The Hall–Kier alpha value is -1.46. The molecule has 0 aromatic carbocycles. The molecule has 2 aromatic heterocycles. The highest BCUT2D eigenvalue weighted by Crippen LogP contribution is 2.32. The van der Waals surface area contributed by atoms with Crippen molar-refractivity contribution in [2.45, 2.75) is 13.1 Å². The van der Waals surface area contributed by atoms with Crippen LogP contribution in [0.3, 0.4) is 0 Å². The monoisotopic (exact) mass is 297 g/mol. The van der Waals surface area contributed by atoms with Gasteiger partial charge in [0.25, 0.3) is 0 Å². The van der Waals surface area contributed by atoms with Gasteiger partial charge in [0.05, 0.1) is 16.6 Å². The van der Waals surface area contributed by atoms with E-state index in [2.05, 4.69) is 24.8 Å². The Bertz CT molecular complexity index is 610. The number of hydrogen-bond acceptors (Lipinski definition) is 4. The van der Waals surface area contributed by atoms with Crippen LogP contribution in [0.5, 0.6) is 0 Å². The van der Waals surface area contributed by atoms with E-state index < -0.39 is 0 Å². The van der Waals surface area contributed by atoms with E-state index >= 15 is 0 Å². The summed E-state index contributed by atoms with van der Waals surface area (Å²) in [5.41, 5.74) is 0. The van der Waals surface area contributed by atoms with E-state index in [9.17, 15) is 0 Å². The molecule has 2 aromatic rings. The lowest BCUT2D eigenvalue weighted by Gasteiger charge is -2.29. The van der Waals surface area contributed by atoms with E-state index in [0.29, 0.717) is 22.4 Å². The van der Waals surface area contributed by atoms with Crippen LogP contribution in [-0.2, 0) is 13.1 Å². The smallest absolute Gasteiger partial charge is 0.150 e. The summed E-state index contributed by atoms with van der Waals surface area (Å²) in [5, 5.41) is 4.05. The van der Waals surface area contributed by atoms with E-state index in [1.54, 1.807) is 13.1 Å². The second kappa shape index (κ2) is 4.90. The molecule has 19 heavy (non-hydrogen) atoms. The van der Waals surface area contributed by atoms with E-state index in [-0.39, 0.29) is 0 Å². The van der Waals surface area contributed by atoms with Gasteiger partial charge in [-0.05, 0) is 6.07 Å². The van der Waals surface area contributed by atoms with Crippen molar-refractivity contribution < 1.29 is 0 Å². The summed E-state index contributed by atoms with van der Waals surface area (Å²) in [6, 6.07) is 1.72. The van der Waals surface area contributed by atoms with Crippen molar-refractivity contribution in [3.63, 3.8) is 0 Å². The number of nitrogens with one attached hydrogen (secondary N) is 1. The fraction of sp³-hybridized carbons (Fsp3) is 0.333. The molecular weight excluding hydrogens is 285 g/mol. The quantitative estimate of drug-likeness (QED) is 0.926. The SMILES string of the molecule is CNc1nc(N2CCn3ccnc3C2)c(Cl)cc1Cl. The molecule has 3 rings (SSSR count). The zero-order valence-electron chi connectivity index (χ0n) is 10.4. The number of rotatable bonds is 2. The molecule has 0 amide bonds. The van der Waals surface area contributed by atoms with Crippen LogP contribution in [0.25, 0.3) is 0 Å². The number of aromatic nitrogens is 3. The number of hydrogen-bond donors (Lipinski definition) is 1. The maximum Gasteiger partial charge on any atom is 0.150 e. The molecule has 1 aliphatic rings. The van der Waals surface area contributed by atoms with Crippen molar-refractivity contribution in [3.05, 3.63) is 34.3 Å². The van der Waals surface area contributed by atoms with Crippen LogP contribution in [0.1, 0.15) is 5.82 Å². The van der Waals surface area contributed by atoms with Crippen molar-refractivity contribution in [1.29, 1.82) is 0 Å². The minimum absolute atomic E-state index is 0.523. The molecule has 0 fully saturated rings. The number of nitrogens with zero attached hydrogens (tertiary/aromatic N) is 4. The average molecular weight is 298 g/mol. The first-order chi connectivity index (χ1) is 9.19. The van der Waals surface area contributed by atoms with Gasteiger partial charge in [0, 0.05) is 32.5 Å². The lowest BCUT2D eigenvalue weighted by molar-refractivity contribution is 0.556. The molecule has 100 valence electrons. The first-order valence-electron chi connectivity index (χ1n) is 5.98. The van der Waals surface area contributed by atoms with Gasteiger partial charge < -0.3 is 14.8 Å². The molecule has 1 N–H and O–H groups in total. The molecule has 3 heterocycles. The van der Waals surface area contributed by atoms with E-state index in [4.69, 9.17) is 23.2 Å². The van der Waals surface area contributed by atoms with Gasteiger partial charge in [-0.1, -0.05) is 23.2 Å². The molecule has 0 unspecified atom stereocenters. The minimum atomic E-state index is 0.523. The summed E-state index contributed by atoms with van der Waals surface area (Å²) in [6.45, 7) is 2.43. The zero-order valence-corrected chi connectivity index (χ0v) is 11.9. The molecule has 0 saturated heterocycles.